The average Bonchev–Trinajstić information content (AvgIpc) is 2.40. The smallest absolute Gasteiger partial charge is 0.147 e. The Labute approximate surface area is 139 Å². The van der Waals surface area contributed by atoms with Crippen LogP contribution >= 0.6 is 11.1 Å². The van der Waals surface area contributed by atoms with E-state index in [1.807, 2.05) is 0 Å². The maximum Gasteiger partial charge on any atom is 0.147 e. The van der Waals surface area contributed by atoms with Crippen molar-refractivity contribution in [2.24, 2.45) is 0 Å². The van der Waals surface area contributed by atoms with Crippen molar-refractivity contribution in [3.63, 3.8) is 0 Å². The van der Waals surface area contributed by atoms with E-state index in [2.05, 4.69) is 87.9 Å². The van der Waals surface area contributed by atoms with E-state index in [0.717, 1.165) is 24.8 Å². The van der Waals surface area contributed by atoms with E-state index < -0.39 is 15.5 Å². The highest BCUT2D eigenvalue weighted by atomic mass is 35.6. The Balaban J connectivity index is 0.000000312. The lowest BCUT2D eigenvalue weighted by Crippen LogP contribution is -2.25. The normalized spacial score (nSPS) is 17.7. The zero-order valence-corrected chi connectivity index (χ0v) is 17.5. The lowest BCUT2D eigenvalue weighted by Gasteiger charge is -2.24. The van der Waals surface area contributed by atoms with Crippen LogP contribution < -0.4 is 0 Å². The maximum absolute atomic E-state index is 5.67. The van der Waals surface area contributed by atoms with Crippen LogP contribution in [0.2, 0.25) is 44.8 Å². The third kappa shape index (κ3) is 15.9. The summed E-state index contributed by atoms with van der Waals surface area (Å²) >= 11 is 5.67. The molecule has 0 amide bonds. The number of hydrogen-bond acceptors (Lipinski definition) is 0. The first-order valence-corrected chi connectivity index (χ1v) is 16.0. The molecule has 0 aliphatic heterocycles. The Morgan fingerprint density at radius 1 is 0.667 bits per heavy atom. The van der Waals surface area contributed by atoms with E-state index in [-0.39, 0.29) is 0 Å². The molecule has 0 aromatic rings. The summed E-state index contributed by atoms with van der Waals surface area (Å²) in [6, 6.07) is 0. The van der Waals surface area contributed by atoms with Crippen molar-refractivity contribution in [1.29, 1.82) is 0 Å². The highest BCUT2D eigenvalue weighted by molar-refractivity contribution is 7.18. The molecule has 2 aliphatic carbocycles. The Morgan fingerprint density at radius 3 is 1.14 bits per heavy atom. The van der Waals surface area contributed by atoms with Gasteiger partial charge in [-0.25, -0.2) is 0 Å². The minimum Gasteiger partial charge on any atom is -0.168 e. The molecule has 21 heavy (non-hydrogen) atoms. The van der Waals surface area contributed by atoms with Crippen LogP contribution in [0, 0.1) is 0 Å². The van der Waals surface area contributed by atoms with Crippen molar-refractivity contribution in [1.82, 2.24) is 0 Å². The van der Waals surface area contributed by atoms with Gasteiger partial charge in [-0.15, -0.1) is 0 Å². The van der Waals surface area contributed by atoms with Crippen molar-refractivity contribution in [3.05, 3.63) is 48.6 Å². The Morgan fingerprint density at radius 2 is 0.952 bits per heavy atom. The summed E-state index contributed by atoms with van der Waals surface area (Å²) in [5.41, 5.74) is 0.779. The molecule has 0 radical (unpaired) electrons. The van der Waals surface area contributed by atoms with Gasteiger partial charge in [-0.1, -0.05) is 87.9 Å². The van der Waals surface area contributed by atoms with E-state index in [4.69, 9.17) is 11.1 Å². The zero-order chi connectivity index (χ0) is 16.4. The molecule has 120 valence electrons. The van der Waals surface area contributed by atoms with E-state index in [1.165, 1.54) is 0 Å². The van der Waals surface area contributed by atoms with Crippen LogP contribution in [0.4, 0.5) is 0 Å². The summed E-state index contributed by atoms with van der Waals surface area (Å²) in [5, 5.41) is 0. The fourth-order valence-corrected chi connectivity index (χ4v) is 3.14. The molecular weight excluding hydrogens is 308 g/mol. The van der Waals surface area contributed by atoms with E-state index >= 15 is 0 Å². The molecule has 2 rings (SSSR count). The largest absolute Gasteiger partial charge is 0.168 e. The second-order valence-electron chi connectivity index (χ2n) is 7.46. The van der Waals surface area contributed by atoms with Gasteiger partial charge in [0.1, 0.15) is 7.38 Å². The van der Waals surface area contributed by atoms with Crippen molar-refractivity contribution >= 4 is 26.5 Å². The summed E-state index contributed by atoms with van der Waals surface area (Å²) in [5.74, 6) is 0. The molecule has 3 heteroatoms. The maximum atomic E-state index is 5.67. The molecule has 0 aromatic heterocycles. The Hall–Kier alpha value is -0.316. The molecule has 0 spiro atoms. The van der Waals surface area contributed by atoms with Gasteiger partial charge < -0.3 is 0 Å². The highest BCUT2D eigenvalue weighted by Crippen LogP contribution is 2.27. The minimum absolute atomic E-state index is 0.779. The Bertz CT molecular complexity index is 341. The highest BCUT2D eigenvalue weighted by Gasteiger charge is 2.22. The van der Waals surface area contributed by atoms with Crippen LogP contribution in [0.1, 0.15) is 19.3 Å². The summed E-state index contributed by atoms with van der Waals surface area (Å²) in [6.45, 7) is 13.5. The molecule has 0 aromatic carbocycles. The summed E-state index contributed by atoms with van der Waals surface area (Å²) in [4.78, 5) is 0. The van der Waals surface area contributed by atoms with E-state index in [1.54, 1.807) is 0 Å². The summed E-state index contributed by atoms with van der Waals surface area (Å²) < 4.78 is 0. The van der Waals surface area contributed by atoms with Crippen LogP contribution in [0.15, 0.2) is 48.6 Å². The predicted molar refractivity (Wildman–Crippen MR) is 107 cm³/mol. The van der Waals surface area contributed by atoms with Gasteiger partial charge in [0.05, 0.1) is 8.07 Å². The van der Waals surface area contributed by atoms with E-state index in [9.17, 15) is 0 Å². The predicted octanol–water partition coefficient (Wildman–Crippen LogP) is 7.16. The second-order valence-corrected chi connectivity index (χ2v) is 20.4. The van der Waals surface area contributed by atoms with Crippen LogP contribution in [0.3, 0.4) is 0 Å². The van der Waals surface area contributed by atoms with Gasteiger partial charge in [0.25, 0.3) is 0 Å². The molecule has 0 heterocycles. The standard InChI is InChI=1S/C9H16Si.C6H8.C3H9ClSi/c1-10(2,3)9-7-5-4-6-8-9;1-2-4-6-5-3-1;1-5(2,3)4/h5-9H,4H2,1-3H3;1-2,5-6H,3-4H2;1-3H3. The first kappa shape index (κ1) is 20.7. The van der Waals surface area contributed by atoms with Gasteiger partial charge in [-0.2, -0.15) is 11.1 Å². The van der Waals surface area contributed by atoms with Gasteiger partial charge in [0.2, 0.25) is 0 Å². The third-order valence-corrected chi connectivity index (χ3v) is 5.22. The van der Waals surface area contributed by atoms with Gasteiger partial charge in [-0.05, 0) is 24.8 Å². The molecule has 2 aliphatic rings. The lowest BCUT2D eigenvalue weighted by atomic mass is 10.2. The van der Waals surface area contributed by atoms with Crippen molar-refractivity contribution in [2.45, 2.75) is 64.1 Å². The second kappa shape index (κ2) is 10.4. The SMILES string of the molecule is C1=CCC=CC1.C[Si](C)(C)C1C=CCC=C1.C[Si](C)(C)Cl. The lowest BCUT2D eigenvalue weighted by molar-refractivity contribution is 1.17. The fraction of sp³-hybridized carbons (Fsp3) is 0.556. The molecule has 0 N–H and O–H groups in total. The molecule has 0 saturated heterocycles. The third-order valence-electron chi connectivity index (χ3n) is 2.84. The molecule has 0 bridgehead atoms. The monoisotopic (exact) mass is 340 g/mol. The molecule has 0 fully saturated rings. The van der Waals surface area contributed by atoms with Gasteiger partial charge >= 0.3 is 0 Å². The van der Waals surface area contributed by atoms with Crippen molar-refractivity contribution in [3.8, 4) is 0 Å². The zero-order valence-electron chi connectivity index (χ0n) is 14.7. The number of allylic oxidation sites excluding steroid dienone is 8. The molecule has 0 saturated carbocycles. The van der Waals surface area contributed by atoms with Gasteiger partial charge in [0, 0.05) is 0 Å². The van der Waals surface area contributed by atoms with Crippen LogP contribution in [0.25, 0.3) is 0 Å². The van der Waals surface area contributed by atoms with Crippen molar-refractivity contribution < 1.29 is 0 Å². The molecule has 0 atom stereocenters. The molecule has 0 nitrogen and oxygen atoms in total. The minimum atomic E-state index is -1.14. The van der Waals surface area contributed by atoms with Gasteiger partial charge in [0.15, 0.2) is 0 Å². The topological polar surface area (TPSA) is 0 Å². The average molecular weight is 341 g/mol. The summed E-state index contributed by atoms with van der Waals surface area (Å²) in [7, 11) is -2.07. The fourth-order valence-electron chi connectivity index (χ4n) is 1.71. The van der Waals surface area contributed by atoms with Crippen LogP contribution in [-0.2, 0) is 0 Å². The number of rotatable bonds is 1. The Kier molecular flexibility index (Phi) is 10.3. The molecule has 0 unspecified atom stereocenters. The quantitative estimate of drug-likeness (QED) is 0.270. The summed E-state index contributed by atoms with van der Waals surface area (Å²) in [6.07, 6.45) is 21.4. The number of halogens is 1. The number of hydrogen-bond donors (Lipinski definition) is 0. The van der Waals surface area contributed by atoms with E-state index in [0.29, 0.717) is 0 Å². The van der Waals surface area contributed by atoms with Crippen LogP contribution in [0.5, 0.6) is 0 Å². The van der Waals surface area contributed by atoms with Crippen LogP contribution in [-0.4, -0.2) is 15.5 Å². The first-order chi connectivity index (χ1) is 9.61. The van der Waals surface area contributed by atoms with Gasteiger partial charge in [-0.3, -0.25) is 0 Å². The van der Waals surface area contributed by atoms with Crippen molar-refractivity contribution in [2.75, 3.05) is 0 Å². The first-order valence-electron chi connectivity index (χ1n) is 7.93. The molecular formula is C18H33ClSi2.